The zero-order chi connectivity index (χ0) is 20.7. The largest absolute Gasteiger partial charge is 0.378 e. The van der Waals surface area contributed by atoms with E-state index in [-0.39, 0.29) is 5.60 Å². The molecular formula is C26H39N2O+. The molecule has 2 atom stereocenters. The lowest BCUT2D eigenvalue weighted by atomic mass is 9.75. The van der Waals surface area contributed by atoms with Gasteiger partial charge in [-0.05, 0) is 69.1 Å². The van der Waals surface area contributed by atoms with E-state index in [4.69, 9.17) is 4.74 Å². The highest BCUT2D eigenvalue weighted by Gasteiger charge is 2.33. The average molecular weight is 396 g/mol. The van der Waals surface area contributed by atoms with Gasteiger partial charge in [-0.25, -0.2) is 0 Å². The van der Waals surface area contributed by atoms with Crippen molar-refractivity contribution in [1.29, 1.82) is 0 Å². The van der Waals surface area contributed by atoms with Crippen molar-refractivity contribution in [2.24, 2.45) is 11.8 Å². The van der Waals surface area contributed by atoms with Gasteiger partial charge >= 0.3 is 0 Å². The third-order valence-electron chi connectivity index (χ3n) is 6.32. The summed E-state index contributed by atoms with van der Waals surface area (Å²) in [5, 5.41) is 2.48. The van der Waals surface area contributed by atoms with Gasteiger partial charge in [-0.3, -0.25) is 0 Å². The minimum atomic E-state index is 0.0236. The zero-order valence-corrected chi connectivity index (χ0v) is 18.7. The molecule has 29 heavy (non-hydrogen) atoms. The first kappa shape index (κ1) is 21.9. The molecule has 0 aliphatic carbocycles. The summed E-state index contributed by atoms with van der Waals surface area (Å²) in [5.41, 5.74) is 4.16. The molecule has 0 spiro atoms. The summed E-state index contributed by atoms with van der Waals surface area (Å²) < 4.78 is 5.99. The average Bonchev–Trinajstić information content (AvgIpc) is 2.70. The van der Waals surface area contributed by atoms with Gasteiger partial charge in [0.25, 0.3) is 0 Å². The van der Waals surface area contributed by atoms with Crippen molar-refractivity contribution in [2.75, 3.05) is 32.1 Å². The van der Waals surface area contributed by atoms with Gasteiger partial charge in [0.15, 0.2) is 0 Å². The van der Waals surface area contributed by atoms with E-state index in [1.165, 1.54) is 49.0 Å². The third-order valence-corrected chi connectivity index (χ3v) is 6.32. The Morgan fingerprint density at radius 2 is 1.76 bits per heavy atom. The Hall–Kier alpha value is -1.84. The fraction of sp³-hybridized carbons (Fsp3) is 0.538. The van der Waals surface area contributed by atoms with Crippen molar-refractivity contribution in [1.82, 2.24) is 0 Å². The van der Waals surface area contributed by atoms with E-state index in [0.717, 1.165) is 25.0 Å². The van der Waals surface area contributed by atoms with Gasteiger partial charge in [0.05, 0.1) is 12.1 Å². The van der Waals surface area contributed by atoms with Gasteiger partial charge in [0.2, 0.25) is 0 Å². The molecule has 1 aliphatic rings. The lowest BCUT2D eigenvalue weighted by molar-refractivity contribution is -0.671. The summed E-state index contributed by atoms with van der Waals surface area (Å²) in [6.07, 6.45) is 4.84. The van der Waals surface area contributed by atoms with E-state index in [0.29, 0.717) is 0 Å². The maximum atomic E-state index is 5.99. The van der Waals surface area contributed by atoms with Gasteiger partial charge in [-0.1, -0.05) is 42.5 Å². The second-order valence-electron chi connectivity index (χ2n) is 9.44. The van der Waals surface area contributed by atoms with Crippen molar-refractivity contribution < 1.29 is 10.1 Å². The Bertz CT molecular complexity index is 724. The predicted octanol–water partition coefficient (Wildman–Crippen LogP) is 4.27. The number of anilines is 1. The molecule has 2 aromatic carbocycles. The number of hydrogen-bond donors (Lipinski definition) is 1. The van der Waals surface area contributed by atoms with Crippen molar-refractivity contribution in [3.05, 3.63) is 65.7 Å². The summed E-state index contributed by atoms with van der Waals surface area (Å²) in [6, 6.07) is 20.0. The number of quaternary nitrogens is 1. The van der Waals surface area contributed by atoms with Crippen LogP contribution in [0.15, 0.2) is 54.6 Å². The molecule has 0 saturated carbocycles. The highest BCUT2D eigenvalue weighted by molar-refractivity contribution is 5.45. The van der Waals surface area contributed by atoms with E-state index in [2.05, 4.69) is 92.8 Å². The molecule has 2 aromatic rings. The number of hydrogen-bond acceptors (Lipinski definition) is 2. The van der Waals surface area contributed by atoms with Crippen molar-refractivity contribution in [3.8, 4) is 0 Å². The Kier molecular flexibility index (Phi) is 7.74. The quantitative estimate of drug-likeness (QED) is 0.643. The molecule has 1 saturated heterocycles. The summed E-state index contributed by atoms with van der Waals surface area (Å²) in [7, 11) is 4.18. The smallest absolute Gasteiger partial charge is 0.101 e. The van der Waals surface area contributed by atoms with Crippen LogP contribution in [0.2, 0.25) is 0 Å². The maximum absolute atomic E-state index is 5.99. The third kappa shape index (κ3) is 6.87. The van der Waals surface area contributed by atoms with Crippen LogP contribution in [-0.4, -0.2) is 32.8 Å². The Balaban J connectivity index is 1.55. The van der Waals surface area contributed by atoms with Gasteiger partial charge < -0.3 is 15.0 Å². The second-order valence-corrected chi connectivity index (χ2v) is 9.44. The van der Waals surface area contributed by atoms with Gasteiger partial charge in [0, 0.05) is 32.0 Å². The van der Waals surface area contributed by atoms with Crippen LogP contribution in [-0.2, 0) is 17.7 Å². The number of rotatable bonds is 9. The van der Waals surface area contributed by atoms with Crippen LogP contribution in [0, 0.1) is 11.8 Å². The fourth-order valence-corrected chi connectivity index (χ4v) is 4.63. The Labute approximate surface area is 177 Å². The molecule has 1 fully saturated rings. The number of nitrogens with zero attached hydrogens (tertiary/aromatic N) is 1. The monoisotopic (exact) mass is 395 g/mol. The normalized spacial score (nSPS) is 19.7. The van der Waals surface area contributed by atoms with Crippen molar-refractivity contribution in [3.63, 3.8) is 0 Å². The molecule has 3 heteroatoms. The lowest BCUT2D eigenvalue weighted by Crippen LogP contribution is -2.82. The molecule has 0 bridgehead atoms. The van der Waals surface area contributed by atoms with Crippen LogP contribution < -0.4 is 10.2 Å². The maximum Gasteiger partial charge on any atom is 0.101 e. The van der Waals surface area contributed by atoms with Gasteiger partial charge in [0.1, 0.15) is 6.54 Å². The van der Waals surface area contributed by atoms with Crippen molar-refractivity contribution >= 4 is 5.69 Å². The van der Waals surface area contributed by atoms with Gasteiger partial charge in [-0.15, -0.1) is 0 Å². The molecule has 0 amide bonds. The fourth-order valence-electron chi connectivity index (χ4n) is 4.63. The summed E-state index contributed by atoms with van der Waals surface area (Å²) in [5.74, 6) is 1.49. The highest BCUT2D eigenvalue weighted by atomic mass is 16.5. The van der Waals surface area contributed by atoms with Crippen LogP contribution in [0.25, 0.3) is 0 Å². The molecule has 158 valence electrons. The topological polar surface area (TPSA) is 29.1 Å². The van der Waals surface area contributed by atoms with E-state index in [9.17, 15) is 0 Å². The zero-order valence-electron chi connectivity index (χ0n) is 18.7. The number of benzene rings is 2. The first-order valence-electron chi connectivity index (χ1n) is 11.2. The molecule has 0 aromatic heterocycles. The van der Waals surface area contributed by atoms with Crippen LogP contribution >= 0.6 is 0 Å². The molecule has 3 nitrogen and oxygen atoms in total. The Morgan fingerprint density at radius 1 is 1.03 bits per heavy atom. The second kappa shape index (κ2) is 10.3. The predicted molar refractivity (Wildman–Crippen MR) is 122 cm³/mol. The van der Waals surface area contributed by atoms with Crippen LogP contribution in [0.5, 0.6) is 0 Å². The van der Waals surface area contributed by atoms with Gasteiger partial charge in [-0.2, -0.15) is 0 Å². The summed E-state index contributed by atoms with van der Waals surface area (Å²) in [6.45, 7) is 7.66. The van der Waals surface area contributed by atoms with Crippen molar-refractivity contribution in [2.45, 2.75) is 51.7 Å². The molecule has 0 radical (unpaired) electrons. The molecule has 1 aliphatic heterocycles. The molecule has 0 unspecified atom stereocenters. The summed E-state index contributed by atoms with van der Waals surface area (Å²) >= 11 is 0. The SMILES string of the molecule is CN(C)c1ccc(C[NH2+]CC[C@@H](Cc2ccccc2)[C@@H]2CCOC(C)(C)C2)cc1. The highest BCUT2D eigenvalue weighted by Crippen LogP contribution is 2.36. The Morgan fingerprint density at radius 3 is 2.41 bits per heavy atom. The van der Waals surface area contributed by atoms with Crippen LogP contribution in [0.4, 0.5) is 5.69 Å². The van der Waals surface area contributed by atoms with E-state index in [1.807, 2.05) is 0 Å². The summed E-state index contributed by atoms with van der Waals surface area (Å²) in [4.78, 5) is 2.15. The van der Waals surface area contributed by atoms with E-state index < -0.39 is 0 Å². The van der Waals surface area contributed by atoms with Crippen LogP contribution in [0.1, 0.15) is 44.2 Å². The van der Waals surface area contributed by atoms with E-state index in [1.54, 1.807) is 0 Å². The number of ether oxygens (including phenoxy) is 1. The standard InChI is InChI=1S/C26H38N2O/c1-26(2)19-24(15-17-29-26)23(18-21-8-6-5-7-9-21)14-16-27-20-22-10-12-25(13-11-22)28(3)4/h5-13,23-24,27H,14-20H2,1-4H3/p+1/t23-,24+/m0/s1. The van der Waals surface area contributed by atoms with Crippen LogP contribution in [0.3, 0.4) is 0 Å². The molecule has 3 rings (SSSR count). The number of nitrogens with two attached hydrogens (primary N) is 1. The molecule has 1 heterocycles. The first-order valence-corrected chi connectivity index (χ1v) is 11.2. The molecule has 2 N–H and O–H groups in total. The minimum absolute atomic E-state index is 0.0236. The minimum Gasteiger partial charge on any atom is -0.378 e. The first-order chi connectivity index (χ1) is 13.9. The lowest BCUT2D eigenvalue weighted by Gasteiger charge is -2.39. The van der Waals surface area contributed by atoms with E-state index >= 15 is 0 Å². The molecular weight excluding hydrogens is 356 g/mol.